The van der Waals surface area contributed by atoms with Crippen molar-refractivity contribution in [3.05, 3.63) is 0 Å². The fourth-order valence-corrected chi connectivity index (χ4v) is 0.957. The summed E-state index contributed by atoms with van der Waals surface area (Å²) in [6.45, 7) is 1.71. The number of aliphatic hydroxyl groups is 1. The molecule has 0 amide bonds. The summed E-state index contributed by atoms with van der Waals surface area (Å²) in [5.74, 6) is -0.795. The topological polar surface area (TPSA) is 70.9 Å². The molecule has 14 heavy (non-hydrogen) atoms. The summed E-state index contributed by atoms with van der Waals surface area (Å²) in [6.07, 6.45) is -3.57. The Labute approximate surface area is 78.7 Å². The molecule has 5 nitrogen and oxygen atoms in total. The smallest absolute Gasteiger partial charge is 0.354 e. The second kappa shape index (κ2) is 3.87. The third-order valence-corrected chi connectivity index (χ3v) is 1.69. The van der Waals surface area contributed by atoms with E-state index in [1.165, 1.54) is 0 Å². The minimum Gasteiger partial charge on any atom is -0.461 e. The zero-order valence-corrected chi connectivity index (χ0v) is 7.46. The van der Waals surface area contributed by atoms with Gasteiger partial charge in [0.2, 0.25) is 5.72 Å². The van der Waals surface area contributed by atoms with Gasteiger partial charge in [0, 0.05) is 0 Å². The van der Waals surface area contributed by atoms with Crippen LogP contribution in [0, 0.1) is 0 Å². The summed E-state index contributed by atoms with van der Waals surface area (Å²) in [5, 5.41) is 12.5. The van der Waals surface area contributed by atoms with Gasteiger partial charge in [-0.25, -0.2) is 13.6 Å². The van der Waals surface area contributed by atoms with Crippen LogP contribution in [0.3, 0.4) is 0 Å². The van der Waals surface area contributed by atoms with Gasteiger partial charge in [0.15, 0.2) is 5.71 Å². The molecule has 1 heterocycles. The first-order chi connectivity index (χ1) is 6.49. The maximum absolute atomic E-state index is 12.2. The molecule has 0 aromatic heterocycles. The van der Waals surface area contributed by atoms with Gasteiger partial charge in [-0.1, -0.05) is 0 Å². The highest BCUT2D eigenvalue weighted by molar-refractivity contribution is 6.37. The van der Waals surface area contributed by atoms with Crippen LogP contribution >= 0.6 is 0 Å². The van der Waals surface area contributed by atoms with Crippen LogP contribution < -0.4 is 5.43 Å². The summed E-state index contributed by atoms with van der Waals surface area (Å²) in [5.41, 5.74) is -0.855. The molecule has 0 spiro atoms. The maximum Gasteiger partial charge on any atom is 0.354 e. The summed E-state index contributed by atoms with van der Waals surface area (Å²) >= 11 is 0. The average molecular weight is 208 g/mol. The zero-order valence-electron chi connectivity index (χ0n) is 7.46. The van der Waals surface area contributed by atoms with Gasteiger partial charge in [0.05, 0.1) is 13.0 Å². The van der Waals surface area contributed by atoms with E-state index in [1.807, 2.05) is 5.43 Å². The lowest BCUT2D eigenvalue weighted by Gasteiger charge is -2.19. The highest BCUT2D eigenvalue weighted by Gasteiger charge is 2.44. The van der Waals surface area contributed by atoms with Crippen LogP contribution in [0.5, 0.6) is 0 Å². The van der Waals surface area contributed by atoms with Gasteiger partial charge in [0.1, 0.15) is 0 Å². The maximum atomic E-state index is 12.2. The third kappa shape index (κ3) is 1.98. The Morgan fingerprint density at radius 1 is 1.86 bits per heavy atom. The van der Waals surface area contributed by atoms with Crippen molar-refractivity contribution in [1.29, 1.82) is 0 Å². The third-order valence-electron chi connectivity index (χ3n) is 1.69. The molecule has 1 aliphatic rings. The first-order valence-corrected chi connectivity index (χ1v) is 4.01. The number of ether oxygens (including phenoxy) is 1. The number of alkyl halides is 2. The molecule has 1 unspecified atom stereocenters. The Bertz CT molecular complexity index is 270. The summed E-state index contributed by atoms with van der Waals surface area (Å²) in [4.78, 5) is 11.0. The largest absolute Gasteiger partial charge is 0.461 e. The van der Waals surface area contributed by atoms with Gasteiger partial charge in [-0.05, 0) is 6.92 Å². The van der Waals surface area contributed by atoms with Crippen molar-refractivity contribution in [2.45, 2.75) is 25.5 Å². The summed E-state index contributed by atoms with van der Waals surface area (Å²) in [7, 11) is 0. The number of hydrogen-bond acceptors (Lipinski definition) is 5. The van der Waals surface area contributed by atoms with Gasteiger partial charge >= 0.3 is 5.97 Å². The van der Waals surface area contributed by atoms with E-state index in [1.54, 1.807) is 6.92 Å². The van der Waals surface area contributed by atoms with E-state index in [9.17, 15) is 18.7 Å². The van der Waals surface area contributed by atoms with Crippen molar-refractivity contribution in [3.63, 3.8) is 0 Å². The van der Waals surface area contributed by atoms with Crippen molar-refractivity contribution >= 4 is 11.7 Å². The van der Waals surface area contributed by atoms with E-state index in [-0.39, 0.29) is 12.3 Å². The second-order valence-corrected chi connectivity index (χ2v) is 2.79. The van der Waals surface area contributed by atoms with Gasteiger partial charge < -0.3 is 9.84 Å². The Morgan fingerprint density at radius 3 is 2.93 bits per heavy atom. The number of rotatable bonds is 3. The van der Waals surface area contributed by atoms with Crippen LogP contribution in [0.25, 0.3) is 0 Å². The highest BCUT2D eigenvalue weighted by Crippen LogP contribution is 2.22. The number of hydrazone groups is 1. The van der Waals surface area contributed by atoms with E-state index in [0.717, 1.165) is 0 Å². The fourth-order valence-electron chi connectivity index (χ4n) is 0.957. The highest BCUT2D eigenvalue weighted by atomic mass is 19.3. The molecule has 2 N–H and O–H groups in total. The number of carbonyl (C=O) groups excluding carboxylic acids is 1. The van der Waals surface area contributed by atoms with Gasteiger partial charge in [-0.2, -0.15) is 5.10 Å². The Kier molecular flexibility index (Phi) is 3.00. The predicted molar refractivity (Wildman–Crippen MR) is 42.8 cm³/mol. The predicted octanol–water partition coefficient (Wildman–Crippen LogP) is -0.148. The number of nitrogens with one attached hydrogen (secondary N) is 1. The first kappa shape index (κ1) is 10.8. The van der Waals surface area contributed by atoms with Crippen LogP contribution in [0.4, 0.5) is 8.78 Å². The summed E-state index contributed by atoms with van der Waals surface area (Å²) in [6, 6.07) is 0. The molecule has 1 aliphatic heterocycles. The molecule has 0 saturated heterocycles. The van der Waals surface area contributed by atoms with Crippen molar-refractivity contribution in [1.82, 2.24) is 5.43 Å². The minimum atomic E-state index is -3.02. The van der Waals surface area contributed by atoms with E-state index >= 15 is 0 Å². The number of halogens is 2. The van der Waals surface area contributed by atoms with Crippen molar-refractivity contribution < 1.29 is 23.4 Å². The lowest BCUT2D eigenvalue weighted by Crippen LogP contribution is -2.46. The normalized spacial score (nSPS) is 25.9. The van der Waals surface area contributed by atoms with Crippen molar-refractivity contribution in [2.24, 2.45) is 5.10 Å². The van der Waals surface area contributed by atoms with Gasteiger partial charge in [0.25, 0.3) is 6.43 Å². The van der Waals surface area contributed by atoms with Gasteiger partial charge in [-0.15, -0.1) is 0 Å². The molecule has 0 aromatic rings. The van der Waals surface area contributed by atoms with Crippen molar-refractivity contribution in [2.75, 3.05) is 6.61 Å². The number of nitrogens with zero attached hydrogens (tertiary/aromatic N) is 1. The molecule has 0 aromatic carbocycles. The Morgan fingerprint density at radius 2 is 2.50 bits per heavy atom. The van der Waals surface area contributed by atoms with E-state index in [4.69, 9.17) is 0 Å². The van der Waals surface area contributed by atoms with Crippen LogP contribution in [0.15, 0.2) is 5.10 Å². The monoisotopic (exact) mass is 208 g/mol. The molecule has 1 atom stereocenters. The molecule has 7 heteroatoms. The van der Waals surface area contributed by atoms with E-state index in [2.05, 4.69) is 9.84 Å². The van der Waals surface area contributed by atoms with Crippen LogP contribution in [0.2, 0.25) is 0 Å². The standard InChI is InChI=1S/C7H10F2N2O3/c1-2-14-5(12)4-3-7(13,6(8)9)11-10-4/h6,11,13H,2-3H2,1H3. The van der Waals surface area contributed by atoms with Crippen molar-refractivity contribution in [3.8, 4) is 0 Å². The molecule has 0 saturated carbocycles. The molecule has 0 fully saturated rings. The molecule has 0 aliphatic carbocycles. The Balaban J connectivity index is 2.59. The fraction of sp³-hybridized carbons (Fsp3) is 0.714. The molecule has 80 valence electrons. The van der Waals surface area contributed by atoms with E-state index in [0.29, 0.717) is 0 Å². The number of hydrogen-bond donors (Lipinski definition) is 2. The van der Waals surface area contributed by atoms with E-state index < -0.39 is 24.5 Å². The van der Waals surface area contributed by atoms with Crippen LogP contribution in [0.1, 0.15) is 13.3 Å². The average Bonchev–Trinajstić information content (AvgIpc) is 2.50. The lowest BCUT2D eigenvalue weighted by molar-refractivity contribution is -0.135. The summed E-state index contributed by atoms with van der Waals surface area (Å²) < 4.78 is 29.0. The Hall–Kier alpha value is -1.24. The molecule has 1 rings (SSSR count). The SMILES string of the molecule is CCOC(=O)C1=NNC(O)(C(F)F)C1. The quantitative estimate of drug-likeness (QED) is 0.633. The zero-order chi connectivity index (χ0) is 10.8. The molecular weight excluding hydrogens is 198 g/mol. The first-order valence-electron chi connectivity index (χ1n) is 4.01. The lowest BCUT2D eigenvalue weighted by atomic mass is 10.1. The molecule has 0 bridgehead atoms. The minimum absolute atomic E-state index is 0.130. The van der Waals surface area contributed by atoms with Crippen LogP contribution in [-0.4, -0.2) is 35.5 Å². The number of esters is 1. The molecule has 0 radical (unpaired) electrons. The number of carbonyl (C=O) groups is 1. The second-order valence-electron chi connectivity index (χ2n) is 2.79. The molecular formula is C7H10F2N2O3. The van der Waals surface area contributed by atoms with Gasteiger partial charge in [-0.3, -0.25) is 5.43 Å². The van der Waals surface area contributed by atoms with Crippen LogP contribution in [-0.2, 0) is 9.53 Å².